The number of unbranched alkanes of at least 4 members (excludes halogenated alkanes) is 4. The van der Waals surface area contributed by atoms with Crippen LogP contribution in [0.25, 0.3) is 0 Å². The third kappa shape index (κ3) is 7.22. The summed E-state index contributed by atoms with van der Waals surface area (Å²) in [7, 11) is 1.69. The minimum Gasteiger partial charge on any atom is -0.497 e. The zero-order valence-corrected chi connectivity index (χ0v) is 12.7. The van der Waals surface area contributed by atoms with Gasteiger partial charge in [-0.05, 0) is 31.0 Å². The van der Waals surface area contributed by atoms with E-state index < -0.39 is 0 Å². The van der Waals surface area contributed by atoms with Crippen molar-refractivity contribution >= 4 is 0 Å². The Balaban J connectivity index is 2.13. The van der Waals surface area contributed by atoms with Crippen molar-refractivity contribution in [2.45, 2.75) is 65.1 Å². The molecule has 0 aliphatic carbocycles. The highest BCUT2D eigenvalue weighted by atomic mass is 16.5. The van der Waals surface area contributed by atoms with Crippen molar-refractivity contribution < 1.29 is 9.47 Å². The van der Waals surface area contributed by atoms with Gasteiger partial charge in [0.2, 0.25) is 0 Å². The van der Waals surface area contributed by atoms with E-state index in [1.807, 2.05) is 12.1 Å². The maximum absolute atomic E-state index is 5.87. The number of hydrogen-bond donors (Lipinski definition) is 0. The molecule has 0 aliphatic heterocycles. The molecular weight excluding hydrogens is 236 g/mol. The molecule has 0 fully saturated rings. The van der Waals surface area contributed by atoms with Gasteiger partial charge in [0.1, 0.15) is 5.75 Å². The highest BCUT2D eigenvalue weighted by Crippen LogP contribution is 2.14. The van der Waals surface area contributed by atoms with Gasteiger partial charge in [-0.3, -0.25) is 0 Å². The van der Waals surface area contributed by atoms with Crippen LogP contribution < -0.4 is 4.74 Å². The lowest BCUT2D eigenvalue weighted by Gasteiger charge is -2.13. The summed E-state index contributed by atoms with van der Waals surface area (Å²) in [6, 6.07) is 8.09. The third-order valence-corrected chi connectivity index (χ3v) is 3.41. The fourth-order valence-corrected chi connectivity index (χ4v) is 2.08. The van der Waals surface area contributed by atoms with Crippen LogP contribution in [0.1, 0.15) is 57.9 Å². The van der Waals surface area contributed by atoms with Gasteiger partial charge in [0.05, 0.1) is 19.8 Å². The highest BCUT2D eigenvalue weighted by molar-refractivity contribution is 5.26. The van der Waals surface area contributed by atoms with Gasteiger partial charge in [-0.2, -0.15) is 0 Å². The lowest BCUT2D eigenvalue weighted by atomic mass is 10.1. The first-order valence-electron chi connectivity index (χ1n) is 7.50. The number of ether oxygens (including phenoxy) is 2. The van der Waals surface area contributed by atoms with Crippen LogP contribution in [0.2, 0.25) is 0 Å². The van der Waals surface area contributed by atoms with Crippen molar-refractivity contribution in [1.82, 2.24) is 0 Å². The molecule has 108 valence electrons. The fraction of sp³-hybridized carbons (Fsp3) is 0.647. The summed E-state index contributed by atoms with van der Waals surface area (Å²) in [5.41, 5.74) is 1.21. The molecule has 0 N–H and O–H groups in total. The second-order valence-corrected chi connectivity index (χ2v) is 5.17. The molecule has 1 unspecified atom stereocenters. The molecule has 0 aliphatic rings. The molecule has 0 saturated carbocycles. The Bertz CT molecular complexity index is 319. The summed E-state index contributed by atoms with van der Waals surface area (Å²) in [6.45, 7) is 5.12. The van der Waals surface area contributed by atoms with E-state index in [-0.39, 0.29) is 0 Å². The summed E-state index contributed by atoms with van der Waals surface area (Å²) in [5, 5.41) is 0. The molecule has 0 bridgehead atoms. The fourth-order valence-electron chi connectivity index (χ4n) is 2.08. The smallest absolute Gasteiger partial charge is 0.118 e. The van der Waals surface area contributed by atoms with Gasteiger partial charge in [0, 0.05) is 0 Å². The molecular formula is C17H28O2. The number of methoxy groups -OCH3 is 1. The standard InChI is InChI=1S/C17H28O2/c1-4-5-6-7-8-9-15(2)19-14-16-10-12-17(18-3)13-11-16/h10-13,15H,4-9,14H2,1-3H3. The minimum atomic E-state index is 0.351. The molecule has 2 heteroatoms. The quantitative estimate of drug-likeness (QED) is 0.556. The Morgan fingerprint density at radius 3 is 2.32 bits per heavy atom. The monoisotopic (exact) mass is 264 g/mol. The molecule has 1 atom stereocenters. The first-order valence-corrected chi connectivity index (χ1v) is 7.50. The minimum absolute atomic E-state index is 0.351. The van der Waals surface area contributed by atoms with E-state index in [4.69, 9.17) is 9.47 Å². The number of hydrogen-bond acceptors (Lipinski definition) is 2. The molecule has 1 rings (SSSR count). The summed E-state index contributed by atoms with van der Waals surface area (Å²) < 4.78 is 11.0. The van der Waals surface area contributed by atoms with Crippen LogP contribution in [-0.2, 0) is 11.3 Å². The van der Waals surface area contributed by atoms with Crippen molar-refractivity contribution in [1.29, 1.82) is 0 Å². The van der Waals surface area contributed by atoms with E-state index in [0.29, 0.717) is 12.7 Å². The van der Waals surface area contributed by atoms with Crippen LogP contribution in [-0.4, -0.2) is 13.2 Å². The largest absolute Gasteiger partial charge is 0.497 e. The molecule has 1 aromatic rings. The van der Waals surface area contributed by atoms with Crippen molar-refractivity contribution in [3.63, 3.8) is 0 Å². The predicted molar refractivity (Wildman–Crippen MR) is 80.6 cm³/mol. The van der Waals surface area contributed by atoms with E-state index in [1.165, 1.54) is 44.1 Å². The van der Waals surface area contributed by atoms with Crippen LogP contribution in [0, 0.1) is 0 Å². The Morgan fingerprint density at radius 2 is 1.68 bits per heavy atom. The Morgan fingerprint density at radius 1 is 1.00 bits per heavy atom. The van der Waals surface area contributed by atoms with E-state index in [9.17, 15) is 0 Å². The second-order valence-electron chi connectivity index (χ2n) is 5.17. The first-order chi connectivity index (χ1) is 9.26. The lowest BCUT2D eigenvalue weighted by molar-refractivity contribution is 0.0458. The van der Waals surface area contributed by atoms with Crippen molar-refractivity contribution in [2.24, 2.45) is 0 Å². The van der Waals surface area contributed by atoms with Gasteiger partial charge in [-0.25, -0.2) is 0 Å². The van der Waals surface area contributed by atoms with Gasteiger partial charge in [0.15, 0.2) is 0 Å². The maximum atomic E-state index is 5.87. The number of benzene rings is 1. The molecule has 1 aromatic carbocycles. The van der Waals surface area contributed by atoms with Crippen molar-refractivity contribution in [2.75, 3.05) is 7.11 Å². The summed E-state index contributed by atoms with van der Waals surface area (Å²) >= 11 is 0. The molecule has 2 nitrogen and oxygen atoms in total. The third-order valence-electron chi connectivity index (χ3n) is 3.41. The maximum Gasteiger partial charge on any atom is 0.118 e. The first kappa shape index (κ1) is 16.0. The van der Waals surface area contributed by atoms with Gasteiger partial charge in [-0.15, -0.1) is 0 Å². The second kappa shape index (κ2) is 9.85. The summed E-state index contributed by atoms with van der Waals surface area (Å²) in [6.07, 6.45) is 8.17. The molecule has 0 heterocycles. The van der Waals surface area contributed by atoms with E-state index in [2.05, 4.69) is 26.0 Å². The topological polar surface area (TPSA) is 18.5 Å². The van der Waals surface area contributed by atoms with E-state index in [0.717, 1.165) is 5.75 Å². The predicted octanol–water partition coefficient (Wildman–Crippen LogP) is 4.96. The average molecular weight is 264 g/mol. The number of rotatable bonds is 10. The Kier molecular flexibility index (Phi) is 8.31. The van der Waals surface area contributed by atoms with Crippen molar-refractivity contribution in [3.05, 3.63) is 29.8 Å². The molecule has 19 heavy (non-hydrogen) atoms. The van der Waals surface area contributed by atoms with Crippen LogP contribution in [0.5, 0.6) is 5.75 Å². The van der Waals surface area contributed by atoms with Crippen LogP contribution in [0.4, 0.5) is 0 Å². The summed E-state index contributed by atoms with van der Waals surface area (Å²) in [5.74, 6) is 0.896. The van der Waals surface area contributed by atoms with Gasteiger partial charge >= 0.3 is 0 Å². The Hall–Kier alpha value is -1.02. The lowest BCUT2D eigenvalue weighted by Crippen LogP contribution is -2.07. The average Bonchev–Trinajstić information content (AvgIpc) is 2.45. The zero-order valence-electron chi connectivity index (χ0n) is 12.7. The van der Waals surface area contributed by atoms with Crippen LogP contribution >= 0.6 is 0 Å². The summed E-state index contributed by atoms with van der Waals surface area (Å²) in [4.78, 5) is 0. The van der Waals surface area contributed by atoms with Crippen LogP contribution in [0.15, 0.2) is 24.3 Å². The van der Waals surface area contributed by atoms with E-state index in [1.54, 1.807) is 7.11 Å². The van der Waals surface area contributed by atoms with Gasteiger partial charge in [0.25, 0.3) is 0 Å². The van der Waals surface area contributed by atoms with Crippen molar-refractivity contribution in [3.8, 4) is 5.75 Å². The molecule has 0 radical (unpaired) electrons. The highest BCUT2D eigenvalue weighted by Gasteiger charge is 2.03. The normalized spacial score (nSPS) is 12.4. The van der Waals surface area contributed by atoms with Gasteiger partial charge < -0.3 is 9.47 Å². The Labute approximate surface area is 118 Å². The zero-order chi connectivity index (χ0) is 13.9. The molecule has 0 saturated heterocycles. The SMILES string of the molecule is CCCCCCCC(C)OCc1ccc(OC)cc1. The molecule has 0 aromatic heterocycles. The van der Waals surface area contributed by atoms with Gasteiger partial charge in [-0.1, -0.05) is 51.2 Å². The van der Waals surface area contributed by atoms with Crippen LogP contribution in [0.3, 0.4) is 0 Å². The molecule has 0 amide bonds. The van der Waals surface area contributed by atoms with E-state index >= 15 is 0 Å². The molecule has 0 spiro atoms.